The Labute approximate surface area is 127 Å². The Morgan fingerprint density at radius 2 is 2.10 bits per heavy atom. The third-order valence-electron chi connectivity index (χ3n) is 2.67. The van der Waals surface area contributed by atoms with Gasteiger partial charge in [0.15, 0.2) is 0 Å². The first-order valence-electron chi connectivity index (χ1n) is 6.30. The van der Waals surface area contributed by atoms with Gasteiger partial charge in [0.1, 0.15) is 5.82 Å². The largest absolute Gasteiger partial charge is 0.399 e. The third-order valence-corrected chi connectivity index (χ3v) is 3.74. The van der Waals surface area contributed by atoms with Gasteiger partial charge in [-0.3, -0.25) is 4.79 Å². The maximum atomic E-state index is 13.3. The smallest absolute Gasteiger partial charge is 0.255 e. The average Bonchev–Trinajstić information content (AvgIpc) is 2.45. The summed E-state index contributed by atoms with van der Waals surface area (Å²) >= 11 is 1.56. The lowest BCUT2D eigenvalue weighted by Gasteiger charge is -2.10. The number of anilines is 2. The standard InChI is InChI=1S/C16H15FN2OS/c1-2-7-21-15-6-4-3-5-14(15)19-16(20)11-8-12(17)10-13(18)9-11/h2-6,8-10H,1,7,18H2,(H,19,20). The zero-order valence-corrected chi connectivity index (χ0v) is 12.1. The molecule has 2 aromatic carbocycles. The van der Waals surface area contributed by atoms with Crippen molar-refractivity contribution in [1.82, 2.24) is 0 Å². The molecule has 0 radical (unpaired) electrons. The van der Waals surface area contributed by atoms with Gasteiger partial charge in [0.2, 0.25) is 0 Å². The summed E-state index contributed by atoms with van der Waals surface area (Å²) in [6.45, 7) is 3.67. The van der Waals surface area contributed by atoms with Crippen molar-refractivity contribution >= 4 is 29.0 Å². The van der Waals surface area contributed by atoms with E-state index in [1.807, 2.05) is 18.2 Å². The number of amides is 1. The number of hydrogen-bond donors (Lipinski definition) is 2. The van der Waals surface area contributed by atoms with Gasteiger partial charge in [0.25, 0.3) is 5.91 Å². The number of nitrogen functional groups attached to an aromatic ring is 1. The van der Waals surface area contributed by atoms with Crippen LogP contribution in [0, 0.1) is 5.82 Å². The third kappa shape index (κ3) is 4.10. The summed E-state index contributed by atoms with van der Waals surface area (Å²) in [5.74, 6) is -0.192. The van der Waals surface area contributed by atoms with Gasteiger partial charge >= 0.3 is 0 Å². The number of rotatable bonds is 5. The molecule has 3 N–H and O–H groups in total. The molecule has 2 rings (SSSR count). The highest BCUT2D eigenvalue weighted by molar-refractivity contribution is 7.99. The van der Waals surface area contributed by atoms with E-state index < -0.39 is 11.7 Å². The first kappa shape index (κ1) is 15.1. The van der Waals surface area contributed by atoms with Gasteiger partial charge in [-0.1, -0.05) is 18.2 Å². The first-order chi connectivity index (χ1) is 10.1. The number of nitrogens with one attached hydrogen (secondary N) is 1. The highest BCUT2D eigenvalue weighted by atomic mass is 32.2. The zero-order chi connectivity index (χ0) is 15.2. The first-order valence-corrected chi connectivity index (χ1v) is 7.29. The zero-order valence-electron chi connectivity index (χ0n) is 11.3. The van der Waals surface area contributed by atoms with Crippen LogP contribution in [0.5, 0.6) is 0 Å². The quantitative estimate of drug-likeness (QED) is 0.500. The minimum atomic E-state index is -0.533. The molecule has 0 unspecified atom stereocenters. The number of thioether (sulfide) groups is 1. The normalized spacial score (nSPS) is 10.1. The fourth-order valence-electron chi connectivity index (χ4n) is 1.78. The Morgan fingerprint density at radius 1 is 1.33 bits per heavy atom. The van der Waals surface area contributed by atoms with E-state index in [2.05, 4.69) is 11.9 Å². The molecular weight excluding hydrogens is 287 g/mol. The van der Waals surface area contributed by atoms with Crippen LogP contribution in [0.2, 0.25) is 0 Å². The minimum absolute atomic E-state index is 0.191. The van der Waals surface area contributed by atoms with Crippen molar-refractivity contribution in [2.24, 2.45) is 0 Å². The van der Waals surface area contributed by atoms with E-state index in [0.717, 1.165) is 16.7 Å². The van der Waals surface area contributed by atoms with E-state index >= 15 is 0 Å². The number of carbonyl (C=O) groups is 1. The summed E-state index contributed by atoms with van der Waals surface area (Å²) in [4.78, 5) is 13.1. The summed E-state index contributed by atoms with van der Waals surface area (Å²) in [5.41, 5.74) is 6.64. The molecule has 0 bridgehead atoms. The van der Waals surface area contributed by atoms with Crippen molar-refractivity contribution in [2.45, 2.75) is 4.90 Å². The Bertz CT molecular complexity index is 653. The molecule has 0 saturated heterocycles. The van der Waals surface area contributed by atoms with Gasteiger partial charge in [0, 0.05) is 21.9 Å². The molecule has 0 aliphatic rings. The fraction of sp³-hybridized carbons (Fsp3) is 0.0625. The van der Waals surface area contributed by atoms with Crippen LogP contribution < -0.4 is 11.1 Å². The van der Waals surface area contributed by atoms with Gasteiger partial charge in [-0.2, -0.15) is 0 Å². The van der Waals surface area contributed by atoms with Crippen LogP contribution in [0.3, 0.4) is 0 Å². The Balaban J connectivity index is 2.21. The number of nitrogens with two attached hydrogens (primary N) is 1. The van der Waals surface area contributed by atoms with Gasteiger partial charge in [-0.25, -0.2) is 4.39 Å². The van der Waals surface area contributed by atoms with E-state index in [1.54, 1.807) is 23.9 Å². The van der Waals surface area contributed by atoms with Gasteiger partial charge in [-0.05, 0) is 30.3 Å². The molecule has 0 aliphatic heterocycles. The van der Waals surface area contributed by atoms with E-state index in [-0.39, 0.29) is 11.3 Å². The summed E-state index contributed by atoms with van der Waals surface area (Å²) in [6.07, 6.45) is 1.79. The molecule has 0 aliphatic carbocycles. The predicted molar refractivity (Wildman–Crippen MR) is 86.1 cm³/mol. The number of para-hydroxylation sites is 1. The minimum Gasteiger partial charge on any atom is -0.399 e. The van der Waals surface area contributed by atoms with E-state index in [4.69, 9.17) is 5.73 Å². The van der Waals surface area contributed by atoms with Gasteiger partial charge in [0.05, 0.1) is 5.69 Å². The van der Waals surface area contributed by atoms with Crippen LogP contribution in [0.1, 0.15) is 10.4 Å². The summed E-state index contributed by atoms with van der Waals surface area (Å²) in [7, 11) is 0. The van der Waals surface area contributed by atoms with Crippen LogP contribution in [-0.2, 0) is 0 Å². The number of halogens is 1. The molecule has 0 atom stereocenters. The van der Waals surface area contributed by atoms with Crippen LogP contribution in [0.15, 0.2) is 60.0 Å². The molecule has 108 valence electrons. The second kappa shape index (κ2) is 6.95. The van der Waals surface area contributed by atoms with Crippen LogP contribution in [0.25, 0.3) is 0 Å². The molecular formula is C16H15FN2OS. The lowest BCUT2D eigenvalue weighted by Crippen LogP contribution is -2.13. The maximum Gasteiger partial charge on any atom is 0.255 e. The Kier molecular flexibility index (Phi) is 5.00. The van der Waals surface area contributed by atoms with Crippen LogP contribution in [0.4, 0.5) is 15.8 Å². The monoisotopic (exact) mass is 302 g/mol. The van der Waals surface area contributed by atoms with Crippen molar-refractivity contribution in [2.75, 3.05) is 16.8 Å². The maximum absolute atomic E-state index is 13.3. The fourth-order valence-corrected chi connectivity index (χ4v) is 2.53. The van der Waals surface area contributed by atoms with E-state index in [9.17, 15) is 9.18 Å². The van der Waals surface area contributed by atoms with Crippen molar-refractivity contribution < 1.29 is 9.18 Å². The Morgan fingerprint density at radius 3 is 2.81 bits per heavy atom. The molecule has 5 heteroatoms. The molecule has 2 aromatic rings. The van der Waals surface area contributed by atoms with Gasteiger partial charge < -0.3 is 11.1 Å². The molecule has 0 heterocycles. The lowest BCUT2D eigenvalue weighted by molar-refractivity contribution is 0.102. The number of carbonyl (C=O) groups excluding carboxylic acids is 1. The second-order valence-corrected chi connectivity index (χ2v) is 5.39. The highest BCUT2D eigenvalue weighted by Crippen LogP contribution is 2.27. The molecule has 1 amide bonds. The predicted octanol–water partition coefficient (Wildman–Crippen LogP) is 3.94. The summed E-state index contributed by atoms with van der Waals surface area (Å²) < 4.78 is 13.3. The molecule has 3 nitrogen and oxygen atoms in total. The molecule has 0 spiro atoms. The van der Waals surface area contributed by atoms with Crippen molar-refractivity contribution in [3.63, 3.8) is 0 Å². The second-order valence-electron chi connectivity index (χ2n) is 4.32. The van der Waals surface area contributed by atoms with Crippen molar-refractivity contribution in [1.29, 1.82) is 0 Å². The molecule has 21 heavy (non-hydrogen) atoms. The molecule has 0 saturated carbocycles. The molecule has 0 fully saturated rings. The summed E-state index contributed by atoms with van der Waals surface area (Å²) in [6, 6.07) is 11.2. The SMILES string of the molecule is C=CCSc1ccccc1NC(=O)c1cc(N)cc(F)c1. The average molecular weight is 302 g/mol. The van der Waals surface area contributed by atoms with Crippen LogP contribution >= 0.6 is 11.8 Å². The van der Waals surface area contributed by atoms with Crippen molar-refractivity contribution in [3.8, 4) is 0 Å². The highest BCUT2D eigenvalue weighted by Gasteiger charge is 2.10. The summed E-state index contributed by atoms with van der Waals surface area (Å²) in [5, 5.41) is 2.77. The van der Waals surface area contributed by atoms with Gasteiger partial charge in [-0.15, -0.1) is 18.3 Å². The lowest BCUT2D eigenvalue weighted by atomic mass is 10.2. The van der Waals surface area contributed by atoms with E-state index in [1.165, 1.54) is 12.1 Å². The Hall–Kier alpha value is -2.27. The topological polar surface area (TPSA) is 55.1 Å². The number of benzene rings is 2. The van der Waals surface area contributed by atoms with Crippen LogP contribution in [-0.4, -0.2) is 11.7 Å². The number of hydrogen-bond acceptors (Lipinski definition) is 3. The van der Waals surface area contributed by atoms with Crippen molar-refractivity contribution in [3.05, 3.63) is 66.5 Å². The molecule has 0 aromatic heterocycles. The van der Waals surface area contributed by atoms with E-state index in [0.29, 0.717) is 5.69 Å².